The summed E-state index contributed by atoms with van der Waals surface area (Å²) in [6, 6.07) is 15.6. The molecule has 0 bridgehead atoms. The summed E-state index contributed by atoms with van der Waals surface area (Å²) in [5, 5.41) is 9.03. The predicted octanol–water partition coefficient (Wildman–Crippen LogP) is 3.88. The van der Waals surface area contributed by atoms with Gasteiger partial charge in [-0.25, -0.2) is 4.79 Å². The van der Waals surface area contributed by atoms with E-state index in [1.807, 2.05) is 54.3 Å². The first-order chi connectivity index (χ1) is 14.0. The summed E-state index contributed by atoms with van der Waals surface area (Å²) in [5.41, 5.74) is 9.15. The average Bonchev–Trinajstić information content (AvgIpc) is 2.73. The third-order valence-electron chi connectivity index (χ3n) is 5.07. The molecule has 0 fully saturated rings. The topological polar surface area (TPSA) is 99.5 Å². The van der Waals surface area contributed by atoms with Crippen LogP contribution in [0.5, 0.6) is 0 Å². The fraction of sp³-hybridized carbons (Fsp3) is 0.364. The van der Waals surface area contributed by atoms with Gasteiger partial charge in [-0.15, -0.1) is 12.4 Å². The highest BCUT2D eigenvalue weighted by molar-refractivity contribution is 5.95. The lowest BCUT2D eigenvalue weighted by molar-refractivity contribution is -0.118. The van der Waals surface area contributed by atoms with Crippen LogP contribution in [0.1, 0.15) is 38.3 Å². The number of nitrogens with one attached hydrogen (secondary N) is 3. The van der Waals surface area contributed by atoms with Gasteiger partial charge in [0, 0.05) is 42.6 Å². The number of halogens is 1. The Kier molecular flexibility index (Phi) is 8.50. The molecule has 0 saturated carbocycles. The third kappa shape index (κ3) is 5.43. The molecule has 3 amide bonds. The number of hydrogen-bond acceptors (Lipinski definition) is 4. The van der Waals surface area contributed by atoms with Crippen LogP contribution in [0.25, 0.3) is 0 Å². The van der Waals surface area contributed by atoms with E-state index in [-0.39, 0.29) is 36.4 Å². The quantitative estimate of drug-likeness (QED) is 0.557. The van der Waals surface area contributed by atoms with Crippen molar-refractivity contribution in [1.82, 2.24) is 5.32 Å². The second-order valence-corrected chi connectivity index (χ2v) is 7.20. The first-order valence-corrected chi connectivity index (χ1v) is 10.1. The number of urea groups is 1. The van der Waals surface area contributed by atoms with Crippen molar-refractivity contribution in [3.05, 3.63) is 54.1 Å². The molecule has 0 unspecified atom stereocenters. The van der Waals surface area contributed by atoms with Gasteiger partial charge in [0.1, 0.15) is 0 Å². The lowest BCUT2D eigenvalue weighted by Crippen LogP contribution is -2.44. The van der Waals surface area contributed by atoms with E-state index in [0.717, 1.165) is 23.4 Å². The molecule has 0 saturated heterocycles. The second kappa shape index (κ2) is 10.8. The molecule has 0 radical (unpaired) electrons. The second-order valence-electron chi connectivity index (χ2n) is 7.20. The van der Waals surface area contributed by atoms with Gasteiger partial charge in [-0.05, 0) is 49.2 Å². The van der Waals surface area contributed by atoms with Crippen LogP contribution in [0, 0.1) is 0 Å². The minimum absolute atomic E-state index is 0. The highest BCUT2D eigenvalue weighted by Gasteiger charge is 2.32. The molecule has 30 heavy (non-hydrogen) atoms. The molecule has 7 nitrogen and oxygen atoms in total. The zero-order valence-electron chi connectivity index (χ0n) is 17.4. The Balaban J connectivity index is 0.00000320. The van der Waals surface area contributed by atoms with Crippen LogP contribution in [0.2, 0.25) is 0 Å². The van der Waals surface area contributed by atoms with E-state index in [0.29, 0.717) is 25.2 Å². The molecular formula is C22H30ClN5O2. The molecule has 1 heterocycles. The van der Waals surface area contributed by atoms with E-state index in [9.17, 15) is 9.59 Å². The minimum atomic E-state index is -0.271. The number of nitrogens with zero attached hydrogens (tertiary/aromatic N) is 1. The molecule has 1 aliphatic rings. The number of carbonyl (C=O) groups excluding carboxylic acids is 2. The van der Waals surface area contributed by atoms with Crippen molar-refractivity contribution < 1.29 is 9.59 Å². The van der Waals surface area contributed by atoms with Crippen LogP contribution in [0.15, 0.2) is 48.5 Å². The summed E-state index contributed by atoms with van der Waals surface area (Å²) < 4.78 is 0. The molecule has 1 aliphatic heterocycles. The van der Waals surface area contributed by atoms with Crippen molar-refractivity contribution in [2.75, 3.05) is 28.6 Å². The Labute approximate surface area is 183 Å². The Morgan fingerprint density at radius 2 is 1.77 bits per heavy atom. The summed E-state index contributed by atoms with van der Waals surface area (Å²) >= 11 is 0. The summed E-state index contributed by atoms with van der Waals surface area (Å²) in [7, 11) is 0. The van der Waals surface area contributed by atoms with Gasteiger partial charge in [-0.1, -0.05) is 25.1 Å². The largest absolute Gasteiger partial charge is 0.378 e. The number of fused-ring (bicyclic) bond motifs is 1. The lowest BCUT2D eigenvalue weighted by Gasteiger charge is -2.40. The summed E-state index contributed by atoms with van der Waals surface area (Å²) in [5.74, 6) is 0.145. The predicted molar refractivity (Wildman–Crippen MR) is 124 cm³/mol. The van der Waals surface area contributed by atoms with Crippen LogP contribution in [-0.2, 0) is 4.79 Å². The molecule has 8 heteroatoms. The van der Waals surface area contributed by atoms with Gasteiger partial charge in [0.25, 0.3) is 0 Å². The number of para-hydroxylation sites is 1. The molecule has 2 aromatic carbocycles. The molecular weight excluding hydrogens is 402 g/mol. The maximum absolute atomic E-state index is 12.5. The third-order valence-corrected chi connectivity index (χ3v) is 5.07. The van der Waals surface area contributed by atoms with E-state index in [1.54, 1.807) is 0 Å². The zero-order valence-corrected chi connectivity index (χ0v) is 18.2. The van der Waals surface area contributed by atoms with Gasteiger partial charge in [-0.3, -0.25) is 4.79 Å². The maximum Gasteiger partial charge on any atom is 0.319 e. The van der Waals surface area contributed by atoms with Crippen molar-refractivity contribution in [3.63, 3.8) is 0 Å². The van der Waals surface area contributed by atoms with E-state index < -0.39 is 0 Å². The smallest absolute Gasteiger partial charge is 0.319 e. The van der Waals surface area contributed by atoms with Gasteiger partial charge in [-0.2, -0.15) is 0 Å². The van der Waals surface area contributed by atoms with E-state index in [2.05, 4.69) is 28.9 Å². The number of nitrogens with two attached hydrogens (primary N) is 1. The van der Waals surface area contributed by atoms with Crippen molar-refractivity contribution >= 4 is 41.4 Å². The molecule has 2 atom stereocenters. The van der Waals surface area contributed by atoms with Gasteiger partial charge in [0.15, 0.2) is 0 Å². The molecule has 0 aromatic heterocycles. The lowest BCUT2D eigenvalue weighted by atomic mass is 9.91. The normalized spacial score (nSPS) is 17.4. The first kappa shape index (κ1) is 23.5. The molecule has 3 rings (SSSR count). The number of carbonyl (C=O) groups is 2. The average molecular weight is 432 g/mol. The van der Waals surface area contributed by atoms with Crippen LogP contribution >= 0.6 is 12.4 Å². The van der Waals surface area contributed by atoms with E-state index in [4.69, 9.17) is 5.73 Å². The number of anilines is 3. The zero-order chi connectivity index (χ0) is 20.8. The van der Waals surface area contributed by atoms with Crippen LogP contribution < -0.4 is 26.6 Å². The summed E-state index contributed by atoms with van der Waals surface area (Å²) in [4.78, 5) is 26.1. The molecule has 162 valence electrons. The number of rotatable bonds is 6. The van der Waals surface area contributed by atoms with Crippen molar-refractivity contribution in [1.29, 1.82) is 0 Å². The minimum Gasteiger partial charge on any atom is -0.378 e. The molecule has 5 N–H and O–H groups in total. The number of benzene rings is 2. The van der Waals surface area contributed by atoms with E-state index >= 15 is 0 Å². The van der Waals surface area contributed by atoms with Crippen molar-refractivity contribution in [2.45, 2.75) is 38.8 Å². The standard InChI is InChI=1S/C22H29N5O2.ClH/c1-3-21(28)27-15(2)14-19(18-6-4-5-7-20(18)27)25-16-8-10-17(11-9-16)26-22(29)24-13-12-23;/h4-11,15,19,25H,3,12-14,23H2,1-2H3,(H2,24,26,29);1H/t15-,19+;/m0./s1. The molecule has 0 spiro atoms. The van der Waals surface area contributed by atoms with Gasteiger partial charge < -0.3 is 26.6 Å². The number of amides is 3. The van der Waals surface area contributed by atoms with Crippen molar-refractivity contribution in [2.24, 2.45) is 5.73 Å². The number of hydrogen-bond donors (Lipinski definition) is 4. The fourth-order valence-corrected chi connectivity index (χ4v) is 3.71. The Bertz CT molecular complexity index is 859. The fourth-order valence-electron chi connectivity index (χ4n) is 3.71. The molecule has 0 aliphatic carbocycles. The monoisotopic (exact) mass is 431 g/mol. The van der Waals surface area contributed by atoms with Gasteiger partial charge in [0.05, 0.1) is 6.04 Å². The SMILES string of the molecule is CCC(=O)N1c2ccccc2[C@H](Nc2ccc(NC(=O)NCCN)cc2)C[C@@H]1C.Cl. The highest BCUT2D eigenvalue weighted by atomic mass is 35.5. The van der Waals surface area contributed by atoms with Gasteiger partial charge in [0.2, 0.25) is 5.91 Å². The first-order valence-electron chi connectivity index (χ1n) is 10.1. The van der Waals surface area contributed by atoms with Gasteiger partial charge >= 0.3 is 6.03 Å². The Morgan fingerprint density at radius 1 is 1.10 bits per heavy atom. The van der Waals surface area contributed by atoms with Crippen LogP contribution in [0.3, 0.4) is 0 Å². The summed E-state index contributed by atoms with van der Waals surface area (Å²) in [6.45, 7) is 4.82. The Hall–Kier alpha value is -2.77. The summed E-state index contributed by atoms with van der Waals surface area (Å²) in [6.07, 6.45) is 1.31. The molecule has 2 aromatic rings. The van der Waals surface area contributed by atoms with Crippen molar-refractivity contribution in [3.8, 4) is 0 Å². The Morgan fingerprint density at radius 3 is 2.43 bits per heavy atom. The van der Waals surface area contributed by atoms with Crippen LogP contribution in [-0.4, -0.2) is 31.1 Å². The van der Waals surface area contributed by atoms with E-state index in [1.165, 1.54) is 0 Å². The van der Waals surface area contributed by atoms with Crippen LogP contribution in [0.4, 0.5) is 21.9 Å². The maximum atomic E-state index is 12.5. The highest BCUT2D eigenvalue weighted by Crippen LogP contribution is 2.39.